The highest BCUT2D eigenvalue weighted by Crippen LogP contribution is 2.41. The summed E-state index contributed by atoms with van der Waals surface area (Å²) in [4.78, 5) is 10.0. The van der Waals surface area contributed by atoms with Crippen LogP contribution >= 0.6 is 0 Å². The predicted molar refractivity (Wildman–Crippen MR) is 253 cm³/mol. The van der Waals surface area contributed by atoms with Crippen LogP contribution in [0.25, 0.3) is 116 Å². The van der Waals surface area contributed by atoms with Crippen LogP contribution in [0.15, 0.2) is 212 Å². The van der Waals surface area contributed by atoms with Crippen LogP contribution in [0.4, 0.5) is 0 Å². The second-order valence-electron chi connectivity index (χ2n) is 15.9. The first-order chi connectivity index (χ1) is 30.2. The van der Waals surface area contributed by atoms with Crippen molar-refractivity contribution in [3.8, 4) is 39.4 Å². The zero-order chi connectivity index (χ0) is 40.0. The van der Waals surface area contributed by atoms with E-state index in [9.17, 15) is 0 Å². The van der Waals surface area contributed by atoms with Crippen molar-refractivity contribution in [1.82, 2.24) is 23.7 Å². The normalized spacial score (nSPS) is 11.9. The molecule has 4 aromatic heterocycles. The van der Waals surface area contributed by atoms with Crippen molar-refractivity contribution in [3.05, 3.63) is 212 Å². The second-order valence-corrected chi connectivity index (χ2v) is 15.9. The van der Waals surface area contributed by atoms with Gasteiger partial charge in [0.05, 0.1) is 50.3 Å². The van der Waals surface area contributed by atoms with Gasteiger partial charge in [-0.15, -0.1) is 0 Å². The van der Waals surface area contributed by atoms with Gasteiger partial charge in [-0.3, -0.25) is 9.55 Å². The Bertz CT molecular complexity index is 3660. The Balaban J connectivity index is 1.02. The van der Waals surface area contributed by atoms with E-state index in [4.69, 9.17) is 9.97 Å². The fraction of sp³-hybridized carbons (Fsp3) is 0. The van der Waals surface area contributed by atoms with Gasteiger partial charge in [-0.2, -0.15) is 0 Å². The summed E-state index contributed by atoms with van der Waals surface area (Å²) in [6.45, 7) is 0. The Morgan fingerprint density at radius 3 is 1.11 bits per heavy atom. The van der Waals surface area contributed by atoms with E-state index in [1.807, 2.05) is 30.5 Å². The molecule has 0 saturated heterocycles. The minimum atomic E-state index is 0.796. The number of fused-ring (bicyclic) bond motifs is 10. The lowest BCUT2D eigenvalue weighted by molar-refractivity contribution is 1.07. The van der Waals surface area contributed by atoms with Gasteiger partial charge < -0.3 is 9.13 Å². The van der Waals surface area contributed by atoms with Crippen molar-refractivity contribution < 1.29 is 0 Å². The zero-order valence-corrected chi connectivity index (χ0v) is 32.9. The number of para-hydroxylation sites is 6. The maximum atomic E-state index is 5.16. The Kier molecular flexibility index (Phi) is 7.24. The molecule has 13 rings (SSSR count). The van der Waals surface area contributed by atoms with Gasteiger partial charge in [0.15, 0.2) is 5.82 Å². The molecule has 0 atom stereocenters. The summed E-state index contributed by atoms with van der Waals surface area (Å²) < 4.78 is 7.01. The van der Waals surface area contributed by atoms with Gasteiger partial charge >= 0.3 is 0 Å². The smallest absolute Gasteiger partial charge is 0.156 e. The largest absolute Gasteiger partial charge is 0.309 e. The van der Waals surface area contributed by atoms with Crippen LogP contribution in [0.2, 0.25) is 0 Å². The summed E-state index contributed by atoms with van der Waals surface area (Å²) >= 11 is 0. The first kappa shape index (κ1) is 33.7. The van der Waals surface area contributed by atoms with Crippen LogP contribution in [0.5, 0.6) is 0 Å². The monoisotopic (exact) mass is 777 g/mol. The van der Waals surface area contributed by atoms with E-state index in [0.29, 0.717) is 0 Å². The van der Waals surface area contributed by atoms with Crippen molar-refractivity contribution in [1.29, 1.82) is 0 Å². The van der Waals surface area contributed by atoms with Crippen LogP contribution in [0.3, 0.4) is 0 Å². The van der Waals surface area contributed by atoms with Gasteiger partial charge in [0.1, 0.15) is 0 Å². The molecule has 0 saturated carbocycles. The summed E-state index contributed by atoms with van der Waals surface area (Å²) in [5.74, 6) is 0.796. The maximum Gasteiger partial charge on any atom is 0.156 e. The summed E-state index contributed by atoms with van der Waals surface area (Å²) in [5.41, 5.74) is 15.7. The Morgan fingerprint density at radius 1 is 0.279 bits per heavy atom. The first-order valence-electron chi connectivity index (χ1n) is 20.7. The SMILES string of the molecule is c1ccc(-n2c3ccccc3c3cc(-c4ccc5c(c4)c4cc(-c6ccc7c(c6)c6ccccc6n7-c6ccccc6)ccc4n5-c4cnc5ccccc5n4)ccc32)cc1. The predicted octanol–water partition coefficient (Wildman–Crippen LogP) is 14.3. The number of benzene rings is 9. The first-order valence-corrected chi connectivity index (χ1v) is 20.7. The summed E-state index contributed by atoms with van der Waals surface area (Å²) in [6.07, 6.45) is 1.90. The highest BCUT2D eigenvalue weighted by atomic mass is 15.1. The number of rotatable bonds is 5. The minimum Gasteiger partial charge on any atom is -0.309 e. The second kappa shape index (κ2) is 13.1. The Hall–Kier alpha value is -8.28. The molecule has 0 aliphatic carbocycles. The molecule has 0 aliphatic rings. The molecule has 0 fully saturated rings. The third kappa shape index (κ3) is 5.14. The molecule has 5 heteroatoms. The van der Waals surface area contributed by atoms with E-state index < -0.39 is 0 Å². The standard InChI is InChI=1S/C56H35N5/c1-3-13-40(14-4-1)59-50-21-11-7-17-42(50)44-31-36(23-27-52(44)59)38-25-29-54-46(33-38)47-34-39(26-30-55(47)61(54)56-35-57-48-19-9-10-20-49(48)58-56)37-24-28-53-45(32-37)43-18-8-12-22-51(43)60(53)41-15-5-2-6-16-41/h1-35H. The lowest BCUT2D eigenvalue weighted by Crippen LogP contribution is -1.99. The topological polar surface area (TPSA) is 40.6 Å². The van der Waals surface area contributed by atoms with E-state index in [2.05, 4.69) is 196 Å². The molecule has 0 N–H and O–H groups in total. The Labute approximate surface area is 350 Å². The van der Waals surface area contributed by atoms with E-state index in [1.54, 1.807) is 0 Å². The minimum absolute atomic E-state index is 0.796. The highest BCUT2D eigenvalue weighted by molar-refractivity contribution is 6.14. The molecule has 0 spiro atoms. The fourth-order valence-corrected chi connectivity index (χ4v) is 9.70. The van der Waals surface area contributed by atoms with Crippen LogP contribution in [0.1, 0.15) is 0 Å². The van der Waals surface area contributed by atoms with Crippen molar-refractivity contribution in [3.63, 3.8) is 0 Å². The third-order valence-electron chi connectivity index (χ3n) is 12.5. The molecule has 0 bridgehead atoms. The van der Waals surface area contributed by atoms with Crippen molar-refractivity contribution in [2.45, 2.75) is 0 Å². The van der Waals surface area contributed by atoms with E-state index in [0.717, 1.165) is 61.2 Å². The van der Waals surface area contributed by atoms with Gasteiger partial charge in [-0.25, -0.2) is 4.98 Å². The highest BCUT2D eigenvalue weighted by Gasteiger charge is 2.19. The molecule has 0 radical (unpaired) electrons. The molecule has 0 unspecified atom stereocenters. The molecule has 9 aromatic carbocycles. The van der Waals surface area contributed by atoms with Crippen LogP contribution in [-0.2, 0) is 0 Å². The average Bonchev–Trinajstić information content (AvgIpc) is 3.96. The van der Waals surface area contributed by atoms with Crippen molar-refractivity contribution in [2.75, 3.05) is 0 Å². The van der Waals surface area contributed by atoms with Crippen LogP contribution in [-0.4, -0.2) is 23.7 Å². The number of hydrogen-bond donors (Lipinski definition) is 0. The number of nitrogens with zero attached hydrogens (tertiary/aromatic N) is 5. The van der Waals surface area contributed by atoms with Gasteiger partial charge in [0, 0.05) is 43.7 Å². The summed E-state index contributed by atoms with van der Waals surface area (Å²) in [5, 5.41) is 7.28. The molecule has 0 amide bonds. The van der Waals surface area contributed by atoms with Crippen LogP contribution in [0, 0.1) is 0 Å². The van der Waals surface area contributed by atoms with E-state index in [1.165, 1.54) is 54.7 Å². The van der Waals surface area contributed by atoms with Crippen LogP contribution < -0.4 is 0 Å². The summed E-state index contributed by atoms with van der Waals surface area (Å²) in [6, 6.07) is 74.3. The molecule has 13 aromatic rings. The lowest BCUT2D eigenvalue weighted by Gasteiger charge is -2.09. The molecular formula is C56H35N5. The van der Waals surface area contributed by atoms with Gasteiger partial charge in [0.25, 0.3) is 0 Å². The summed E-state index contributed by atoms with van der Waals surface area (Å²) in [7, 11) is 0. The molecule has 4 heterocycles. The van der Waals surface area contributed by atoms with Gasteiger partial charge in [-0.1, -0.05) is 109 Å². The molecule has 0 aliphatic heterocycles. The number of hydrogen-bond acceptors (Lipinski definition) is 2. The average molecular weight is 778 g/mol. The molecule has 5 nitrogen and oxygen atoms in total. The third-order valence-corrected chi connectivity index (χ3v) is 12.5. The maximum absolute atomic E-state index is 5.16. The van der Waals surface area contributed by atoms with Gasteiger partial charge in [0.2, 0.25) is 0 Å². The fourth-order valence-electron chi connectivity index (χ4n) is 9.70. The lowest BCUT2D eigenvalue weighted by atomic mass is 9.98. The van der Waals surface area contributed by atoms with E-state index in [-0.39, 0.29) is 0 Å². The molecule has 284 valence electrons. The van der Waals surface area contributed by atoms with E-state index >= 15 is 0 Å². The molecular weight excluding hydrogens is 743 g/mol. The van der Waals surface area contributed by atoms with Crippen molar-refractivity contribution >= 4 is 76.5 Å². The molecule has 61 heavy (non-hydrogen) atoms. The quantitative estimate of drug-likeness (QED) is 0.175. The van der Waals surface area contributed by atoms with Gasteiger partial charge in [-0.05, 0) is 119 Å². The Morgan fingerprint density at radius 2 is 0.639 bits per heavy atom. The van der Waals surface area contributed by atoms with Crippen molar-refractivity contribution in [2.24, 2.45) is 0 Å². The zero-order valence-electron chi connectivity index (χ0n) is 32.9. The number of aromatic nitrogens is 5.